The molecule has 1 rings (SSSR count). The van der Waals surface area contributed by atoms with E-state index in [9.17, 15) is 0 Å². The van der Waals surface area contributed by atoms with Crippen LogP contribution in [0.15, 0.2) is 0 Å². The van der Waals surface area contributed by atoms with E-state index >= 15 is 0 Å². The van der Waals surface area contributed by atoms with Crippen molar-refractivity contribution in [2.45, 2.75) is 13.2 Å². The van der Waals surface area contributed by atoms with Crippen molar-refractivity contribution in [3.8, 4) is 0 Å². The first-order valence-electron chi connectivity index (χ1n) is 2.13. The first-order chi connectivity index (χ1) is 2.89. The van der Waals surface area contributed by atoms with E-state index in [-0.39, 0.29) is 18.7 Å². The summed E-state index contributed by atoms with van der Waals surface area (Å²) < 4.78 is 9.86. The van der Waals surface area contributed by atoms with Gasteiger partial charge in [-0.2, -0.15) is 0 Å². The fraction of sp³-hybridized carbons (Fsp3) is 1.00. The Bertz CT molecular complexity index is 43.0. The van der Waals surface area contributed by atoms with Crippen molar-refractivity contribution in [3.05, 3.63) is 0 Å². The number of rotatable bonds is 0. The van der Waals surface area contributed by atoms with Gasteiger partial charge in [0.1, 0.15) is 0 Å². The van der Waals surface area contributed by atoms with E-state index in [1.54, 1.807) is 0 Å². The molecule has 2 nitrogen and oxygen atoms in total. The summed E-state index contributed by atoms with van der Waals surface area (Å²) in [5.74, 6) is 0. The Morgan fingerprint density at radius 1 is 1.29 bits per heavy atom. The maximum absolute atomic E-state index is 4.93. The molecule has 0 amide bonds. The van der Waals surface area contributed by atoms with E-state index in [1.807, 2.05) is 6.92 Å². The standard InChI is InChI=1S/C4H8O2.ClH/c1-4-5-2-3-6-4;/h4H,2-3H2,1H3;1H. The van der Waals surface area contributed by atoms with Crippen LogP contribution in [0.2, 0.25) is 0 Å². The topological polar surface area (TPSA) is 18.5 Å². The van der Waals surface area contributed by atoms with Gasteiger partial charge >= 0.3 is 0 Å². The molecule has 44 valence electrons. The van der Waals surface area contributed by atoms with Crippen LogP contribution in [0, 0.1) is 0 Å². The number of hydrogen-bond acceptors (Lipinski definition) is 2. The second-order valence-corrected chi connectivity index (χ2v) is 1.31. The number of ether oxygens (including phenoxy) is 2. The summed E-state index contributed by atoms with van der Waals surface area (Å²) in [5, 5.41) is 0. The summed E-state index contributed by atoms with van der Waals surface area (Å²) in [6.45, 7) is 3.43. The third kappa shape index (κ3) is 2.12. The minimum Gasteiger partial charge on any atom is -0.351 e. The van der Waals surface area contributed by atoms with Crippen LogP contribution in [0.25, 0.3) is 0 Å². The Balaban J connectivity index is 0.000000360. The highest BCUT2D eigenvalue weighted by atomic mass is 35.5. The lowest BCUT2D eigenvalue weighted by atomic mass is 10.8. The molecule has 0 aliphatic carbocycles. The molecule has 1 saturated heterocycles. The average Bonchev–Trinajstić information content (AvgIpc) is 1.86. The Hall–Kier alpha value is 0.210. The molecule has 1 fully saturated rings. The van der Waals surface area contributed by atoms with Gasteiger partial charge in [0.15, 0.2) is 6.29 Å². The van der Waals surface area contributed by atoms with Gasteiger partial charge in [0.2, 0.25) is 0 Å². The second-order valence-electron chi connectivity index (χ2n) is 1.31. The molecule has 0 radical (unpaired) electrons. The Kier molecular flexibility index (Phi) is 3.34. The van der Waals surface area contributed by atoms with Gasteiger partial charge in [-0.1, -0.05) is 0 Å². The fourth-order valence-corrected chi connectivity index (χ4v) is 0.476. The Labute approximate surface area is 49.2 Å². The highest BCUT2D eigenvalue weighted by molar-refractivity contribution is 5.85. The van der Waals surface area contributed by atoms with Crippen LogP contribution >= 0.6 is 12.4 Å². The first-order valence-corrected chi connectivity index (χ1v) is 2.13. The monoisotopic (exact) mass is 124 g/mol. The van der Waals surface area contributed by atoms with Crippen molar-refractivity contribution in [2.75, 3.05) is 13.2 Å². The van der Waals surface area contributed by atoms with Gasteiger partial charge in [0, 0.05) is 0 Å². The maximum atomic E-state index is 4.93. The summed E-state index contributed by atoms with van der Waals surface area (Å²) in [5.41, 5.74) is 0. The van der Waals surface area contributed by atoms with Crippen LogP contribution in [0.3, 0.4) is 0 Å². The molecule has 0 aromatic heterocycles. The number of hydrogen-bond donors (Lipinski definition) is 0. The van der Waals surface area contributed by atoms with Crippen LogP contribution in [0.4, 0.5) is 0 Å². The van der Waals surface area contributed by atoms with Gasteiger partial charge in [-0.25, -0.2) is 0 Å². The summed E-state index contributed by atoms with van der Waals surface area (Å²) >= 11 is 0. The molecule has 7 heavy (non-hydrogen) atoms. The number of halogens is 1. The Morgan fingerprint density at radius 3 is 1.86 bits per heavy atom. The lowest BCUT2D eigenvalue weighted by Crippen LogP contribution is -1.97. The van der Waals surface area contributed by atoms with Crippen LogP contribution in [-0.2, 0) is 9.47 Å². The van der Waals surface area contributed by atoms with E-state index in [1.165, 1.54) is 0 Å². The lowest BCUT2D eigenvalue weighted by molar-refractivity contribution is -0.0254. The van der Waals surface area contributed by atoms with Gasteiger partial charge in [-0.3, -0.25) is 0 Å². The third-order valence-electron chi connectivity index (χ3n) is 0.788. The van der Waals surface area contributed by atoms with Crippen LogP contribution < -0.4 is 0 Å². The molecular formula is C4H9ClO2. The SMILES string of the molecule is CC1OCCO1.Cl. The average molecular weight is 125 g/mol. The normalized spacial score (nSPS) is 21.9. The van der Waals surface area contributed by atoms with Crippen LogP contribution in [0.1, 0.15) is 6.92 Å². The second kappa shape index (κ2) is 3.24. The smallest absolute Gasteiger partial charge is 0.155 e. The fourth-order valence-electron chi connectivity index (χ4n) is 0.476. The van der Waals surface area contributed by atoms with Gasteiger partial charge < -0.3 is 9.47 Å². The zero-order chi connectivity index (χ0) is 4.41. The summed E-state index contributed by atoms with van der Waals surface area (Å²) in [4.78, 5) is 0. The molecule has 0 bridgehead atoms. The van der Waals surface area contributed by atoms with Crippen LogP contribution in [0.5, 0.6) is 0 Å². The van der Waals surface area contributed by atoms with Crippen molar-refractivity contribution < 1.29 is 9.47 Å². The van der Waals surface area contributed by atoms with Crippen molar-refractivity contribution in [1.82, 2.24) is 0 Å². The molecule has 0 saturated carbocycles. The molecule has 1 heterocycles. The molecule has 0 atom stereocenters. The van der Waals surface area contributed by atoms with E-state index in [0.717, 1.165) is 13.2 Å². The lowest BCUT2D eigenvalue weighted by Gasteiger charge is -1.94. The van der Waals surface area contributed by atoms with E-state index in [0.29, 0.717) is 0 Å². The molecule has 1 aliphatic heterocycles. The molecule has 1 aliphatic rings. The summed E-state index contributed by atoms with van der Waals surface area (Å²) in [6, 6.07) is 0. The molecule has 0 unspecified atom stereocenters. The molecule has 0 N–H and O–H groups in total. The minimum atomic E-state index is 0. The molecule has 0 spiro atoms. The predicted octanol–water partition coefficient (Wildman–Crippen LogP) is 0.801. The highest BCUT2D eigenvalue weighted by Crippen LogP contribution is 1.99. The first kappa shape index (κ1) is 7.21. The summed E-state index contributed by atoms with van der Waals surface area (Å²) in [6.07, 6.45) is 0.0463. The van der Waals surface area contributed by atoms with Gasteiger partial charge in [-0.05, 0) is 6.92 Å². The van der Waals surface area contributed by atoms with Crippen LogP contribution in [-0.4, -0.2) is 19.5 Å². The zero-order valence-corrected chi connectivity index (χ0v) is 5.03. The van der Waals surface area contributed by atoms with E-state index < -0.39 is 0 Å². The molecule has 0 aromatic rings. The predicted molar refractivity (Wildman–Crippen MR) is 28.6 cm³/mol. The molecule has 0 aromatic carbocycles. The van der Waals surface area contributed by atoms with Gasteiger partial charge in [0.05, 0.1) is 13.2 Å². The van der Waals surface area contributed by atoms with Crippen molar-refractivity contribution in [3.63, 3.8) is 0 Å². The van der Waals surface area contributed by atoms with Gasteiger partial charge in [-0.15, -0.1) is 12.4 Å². The third-order valence-corrected chi connectivity index (χ3v) is 0.788. The van der Waals surface area contributed by atoms with Crippen molar-refractivity contribution in [2.24, 2.45) is 0 Å². The summed E-state index contributed by atoms with van der Waals surface area (Å²) in [7, 11) is 0. The maximum Gasteiger partial charge on any atom is 0.155 e. The minimum absolute atomic E-state index is 0. The highest BCUT2D eigenvalue weighted by Gasteiger charge is 2.07. The zero-order valence-electron chi connectivity index (χ0n) is 4.22. The van der Waals surface area contributed by atoms with Gasteiger partial charge in [0.25, 0.3) is 0 Å². The molecule has 3 heteroatoms. The Morgan fingerprint density at radius 2 is 1.71 bits per heavy atom. The molecular weight excluding hydrogens is 115 g/mol. The van der Waals surface area contributed by atoms with E-state index in [4.69, 9.17) is 9.47 Å². The van der Waals surface area contributed by atoms with Crippen molar-refractivity contribution in [1.29, 1.82) is 0 Å². The quantitative estimate of drug-likeness (QED) is 0.476. The van der Waals surface area contributed by atoms with Crippen molar-refractivity contribution >= 4 is 12.4 Å². The largest absolute Gasteiger partial charge is 0.351 e. The van der Waals surface area contributed by atoms with E-state index in [2.05, 4.69) is 0 Å².